The molecule has 0 amide bonds. The Bertz CT molecular complexity index is 506. The highest BCUT2D eigenvalue weighted by atomic mass is 19.4. The first-order valence-corrected chi connectivity index (χ1v) is 7.71. The molecule has 23 heavy (non-hydrogen) atoms. The molecule has 0 radical (unpaired) electrons. The minimum atomic E-state index is -4.31. The molecular weight excluding hydrogens is 313 g/mol. The summed E-state index contributed by atoms with van der Waals surface area (Å²) in [5.74, 6) is 0. The average Bonchev–Trinajstić information content (AvgIpc) is 2.93. The highest BCUT2D eigenvalue weighted by molar-refractivity contribution is 5.09. The van der Waals surface area contributed by atoms with E-state index >= 15 is 0 Å². The minimum absolute atomic E-state index is 0.0196. The summed E-state index contributed by atoms with van der Waals surface area (Å²) < 4.78 is 42.4. The Labute approximate surface area is 133 Å². The summed E-state index contributed by atoms with van der Waals surface area (Å²) in [5, 5.41) is 18.9. The summed E-state index contributed by atoms with van der Waals surface area (Å²) in [5.41, 5.74) is -0.609. The monoisotopic (exact) mass is 336 g/mol. The molecule has 1 aromatic rings. The lowest BCUT2D eigenvalue weighted by Gasteiger charge is -2.37. The number of aromatic nitrogens is 3. The predicted molar refractivity (Wildman–Crippen MR) is 76.9 cm³/mol. The Balaban J connectivity index is 1.88. The fourth-order valence-corrected chi connectivity index (χ4v) is 2.65. The van der Waals surface area contributed by atoms with E-state index in [1.54, 1.807) is 10.9 Å². The van der Waals surface area contributed by atoms with Gasteiger partial charge in [0, 0.05) is 19.1 Å². The van der Waals surface area contributed by atoms with Crippen LogP contribution in [-0.2, 0) is 10.3 Å². The Morgan fingerprint density at radius 2 is 2.17 bits per heavy atom. The van der Waals surface area contributed by atoms with Gasteiger partial charge in [0.15, 0.2) is 0 Å². The number of likely N-dealkylation sites (tertiary alicyclic amines) is 1. The van der Waals surface area contributed by atoms with Crippen molar-refractivity contribution in [3.8, 4) is 0 Å². The van der Waals surface area contributed by atoms with E-state index in [-0.39, 0.29) is 12.6 Å². The zero-order valence-electron chi connectivity index (χ0n) is 13.4. The molecule has 132 valence electrons. The molecule has 1 saturated heterocycles. The van der Waals surface area contributed by atoms with Crippen LogP contribution >= 0.6 is 0 Å². The zero-order valence-corrected chi connectivity index (χ0v) is 13.4. The van der Waals surface area contributed by atoms with Crippen LogP contribution in [0.4, 0.5) is 13.2 Å². The number of piperidine rings is 1. The van der Waals surface area contributed by atoms with Crippen molar-refractivity contribution in [3.63, 3.8) is 0 Å². The van der Waals surface area contributed by atoms with E-state index in [2.05, 4.69) is 15.0 Å². The molecule has 0 aliphatic carbocycles. The number of hydrogen-bond donors (Lipinski definition) is 1. The van der Waals surface area contributed by atoms with Crippen LogP contribution in [0.15, 0.2) is 6.20 Å². The fraction of sp³-hybridized carbons (Fsp3) is 0.857. The van der Waals surface area contributed by atoms with Crippen LogP contribution in [0.25, 0.3) is 0 Å². The number of nitrogens with zero attached hydrogens (tertiary/aromatic N) is 4. The molecular formula is C14H23F3N4O2. The number of hydrogen-bond acceptors (Lipinski definition) is 5. The maximum Gasteiger partial charge on any atom is 0.411 e. The first-order chi connectivity index (χ1) is 10.7. The van der Waals surface area contributed by atoms with Crippen molar-refractivity contribution in [1.29, 1.82) is 0 Å². The van der Waals surface area contributed by atoms with Crippen LogP contribution in [0, 0.1) is 0 Å². The molecule has 1 N–H and O–H groups in total. The van der Waals surface area contributed by atoms with Crippen molar-refractivity contribution in [3.05, 3.63) is 11.9 Å². The van der Waals surface area contributed by atoms with Gasteiger partial charge < -0.3 is 9.84 Å². The maximum atomic E-state index is 12.0. The van der Waals surface area contributed by atoms with Crippen LogP contribution in [0.3, 0.4) is 0 Å². The first-order valence-electron chi connectivity index (χ1n) is 7.71. The second-order valence-corrected chi connectivity index (χ2v) is 6.26. The van der Waals surface area contributed by atoms with Crippen molar-refractivity contribution in [2.75, 3.05) is 32.8 Å². The van der Waals surface area contributed by atoms with Crippen LogP contribution in [0.1, 0.15) is 38.4 Å². The van der Waals surface area contributed by atoms with E-state index in [9.17, 15) is 18.3 Å². The smallest absolute Gasteiger partial charge is 0.382 e. The Morgan fingerprint density at radius 1 is 1.43 bits per heavy atom. The number of aliphatic hydroxyl groups is 1. The Hall–Kier alpha value is -1.19. The maximum absolute atomic E-state index is 12.0. The molecule has 1 aromatic heterocycles. The van der Waals surface area contributed by atoms with Crippen molar-refractivity contribution >= 4 is 0 Å². The van der Waals surface area contributed by atoms with Gasteiger partial charge in [0.1, 0.15) is 17.9 Å². The quantitative estimate of drug-likeness (QED) is 0.802. The molecule has 0 saturated carbocycles. The molecule has 2 heterocycles. The van der Waals surface area contributed by atoms with Gasteiger partial charge in [-0.1, -0.05) is 5.21 Å². The van der Waals surface area contributed by atoms with Crippen LogP contribution in [0.2, 0.25) is 0 Å². The first kappa shape index (κ1) is 18.2. The van der Waals surface area contributed by atoms with Crippen LogP contribution in [0.5, 0.6) is 0 Å². The predicted octanol–water partition coefficient (Wildman–Crippen LogP) is 1.72. The van der Waals surface area contributed by atoms with Gasteiger partial charge in [0.2, 0.25) is 0 Å². The molecule has 0 spiro atoms. The van der Waals surface area contributed by atoms with Gasteiger partial charge in [0.05, 0.1) is 12.8 Å². The van der Waals surface area contributed by atoms with Crippen LogP contribution in [-0.4, -0.2) is 64.0 Å². The summed E-state index contributed by atoms with van der Waals surface area (Å²) in [7, 11) is 0. The van der Waals surface area contributed by atoms with Gasteiger partial charge in [-0.2, -0.15) is 13.2 Å². The molecule has 2 rings (SSSR count). The summed E-state index contributed by atoms with van der Waals surface area (Å²) >= 11 is 0. The fourth-order valence-electron chi connectivity index (χ4n) is 2.65. The summed E-state index contributed by atoms with van der Waals surface area (Å²) in [4.78, 5) is 1.90. The minimum Gasteiger partial charge on any atom is -0.382 e. The molecule has 9 heteroatoms. The normalized spacial score (nSPS) is 23.6. The molecule has 6 nitrogen and oxygen atoms in total. The molecule has 1 fully saturated rings. The molecule has 1 aliphatic heterocycles. The molecule has 0 aromatic carbocycles. The number of ether oxygens (including phenoxy) is 1. The third-order valence-corrected chi connectivity index (χ3v) is 3.88. The summed E-state index contributed by atoms with van der Waals surface area (Å²) in [6, 6.07) is 0.148. The number of halogens is 3. The lowest BCUT2D eigenvalue weighted by atomic mass is 9.90. The lowest BCUT2D eigenvalue weighted by molar-refractivity contribution is -0.175. The number of rotatable bonds is 6. The topological polar surface area (TPSA) is 63.4 Å². The van der Waals surface area contributed by atoms with Crippen LogP contribution < -0.4 is 0 Å². The van der Waals surface area contributed by atoms with Crippen molar-refractivity contribution in [2.24, 2.45) is 0 Å². The van der Waals surface area contributed by atoms with Gasteiger partial charge in [-0.25, -0.2) is 4.68 Å². The molecule has 1 aliphatic rings. The zero-order chi connectivity index (χ0) is 17.1. The number of β-amino-alcohol motifs (C(OH)–C–C–N with tert-alkyl or cyclic N) is 1. The molecule has 1 unspecified atom stereocenters. The molecule has 0 bridgehead atoms. The SMILES string of the molecule is CC(C)n1cc(C2(O)CCCN(CCOCC(F)(F)F)C2)nn1. The van der Waals surface area contributed by atoms with Gasteiger partial charge in [0.25, 0.3) is 0 Å². The molecule has 1 atom stereocenters. The van der Waals surface area contributed by atoms with Crippen molar-refractivity contribution in [1.82, 2.24) is 19.9 Å². The second kappa shape index (κ2) is 7.14. The van der Waals surface area contributed by atoms with E-state index in [1.165, 1.54) is 0 Å². The third-order valence-electron chi connectivity index (χ3n) is 3.88. The standard InChI is InChI=1S/C14H23F3N4O2/c1-11(2)21-8-12(18-19-21)13(22)4-3-5-20(9-13)6-7-23-10-14(15,16)17/h8,11,22H,3-7,9-10H2,1-2H3. The van der Waals surface area contributed by atoms with E-state index in [0.29, 0.717) is 25.2 Å². The summed E-state index contributed by atoms with van der Waals surface area (Å²) in [6.07, 6.45) is -1.28. The second-order valence-electron chi connectivity index (χ2n) is 6.26. The van der Waals surface area contributed by atoms with Gasteiger partial charge in [-0.3, -0.25) is 4.90 Å². The van der Waals surface area contributed by atoms with E-state index in [0.717, 1.165) is 13.0 Å². The third kappa shape index (κ3) is 5.15. The van der Waals surface area contributed by atoms with E-state index in [4.69, 9.17) is 0 Å². The van der Waals surface area contributed by atoms with Gasteiger partial charge >= 0.3 is 6.18 Å². The van der Waals surface area contributed by atoms with Gasteiger partial charge in [-0.15, -0.1) is 5.10 Å². The number of alkyl halides is 3. The largest absolute Gasteiger partial charge is 0.411 e. The highest BCUT2D eigenvalue weighted by Gasteiger charge is 2.37. The van der Waals surface area contributed by atoms with Crippen molar-refractivity contribution in [2.45, 2.75) is 44.5 Å². The highest BCUT2D eigenvalue weighted by Crippen LogP contribution is 2.30. The van der Waals surface area contributed by atoms with Crippen molar-refractivity contribution < 1.29 is 23.0 Å². The van der Waals surface area contributed by atoms with E-state index in [1.807, 2.05) is 18.7 Å². The summed E-state index contributed by atoms with van der Waals surface area (Å²) in [6.45, 7) is 4.05. The van der Waals surface area contributed by atoms with E-state index < -0.39 is 18.4 Å². The Kier molecular flexibility index (Phi) is 5.64. The lowest BCUT2D eigenvalue weighted by Crippen LogP contribution is -2.47. The van der Waals surface area contributed by atoms with Gasteiger partial charge in [-0.05, 0) is 33.2 Å². The Morgan fingerprint density at radius 3 is 2.78 bits per heavy atom. The average molecular weight is 336 g/mol.